The number of hydrogen-bond donors (Lipinski definition) is 4. The Labute approximate surface area is 232 Å². The van der Waals surface area contributed by atoms with E-state index in [0.717, 1.165) is 51.0 Å². The minimum Gasteiger partial charge on any atom is -0.393 e. The van der Waals surface area contributed by atoms with Crippen molar-refractivity contribution < 1.29 is 23.1 Å². The second-order valence-corrected chi connectivity index (χ2v) is 11.7. The summed E-state index contributed by atoms with van der Waals surface area (Å²) < 4.78 is 43.0. The number of benzene rings is 1. The number of amides is 1. The molecule has 0 unspecified atom stereocenters. The number of hydrogen-bond acceptors (Lipinski definition) is 7. The Bertz CT molecular complexity index is 1220. The number of aliphatic hydroxyl groups excluding tert-OH is 1. The highest BCUT2D eigenvalue weighted by molar-refractivity contribution is 5.96. The number of aliphatic hydroxyl groups is 1. The minimum atomic E-state index is -4.56. The van der Waals surface area contributed by atoms with Crippen LogP contribution in [0.25, 0.3) is 0 Å². The van der Waals surface area contributed by atoms with Crippen LogP contribution in [0, 0.1) is 5.41 Å². The van der Waals surface area contributed by atoms with Gasteiger partial charge in [-0.2, -0.15) is 13.2 Å². The van der Waals surface area contributed by atoms with Crippen LogP contribution in [0.5, 0.6) is 0 Å². The van der Waals surface area contributed by atoms with Gasteiger partial charge >= 0.3 is 6.18 Å². The lowest BCUT2D eigenvalue weighted by molar-refractivity contribution is -0.137. The van der Waals surface area contributed by atoms with Gasteiger partial charge in [-0.05, 0) is 75.0 Å². The van der Waals surface area contributed by atoms with Crippen LogP contribution in [0.3, 0.4) is 0 Å². The standard InChI is InChI=1S/C29H39F3N6O2/c1-2-22-26(34-18-6-9-20(39)10-7-18)37-27(24(36-22)25(33)40)35-19-8-11-23(21(16-19)29(30,31)32)38-15-14-28(17-38)12-4-3-5-13-28/h8,11,16,18,20,39H,2-7,9-10,12-15,17H2,1H3,(H2,33,40)(H2,34,35,37)/t18-,20-. The summed E-state index contributed by atoms with van der Waals surface area (Å²) in [5.74, 6) is -0.357. The molecule has 1 amide bonds. The van der Waals surface area contributed by atoms with Gasteiger partial charge < -0.3 is 26.4 Å². The van der Waals surface area contributed by atoms with Crippen LogP contribution in [0.1, 0.15) is 92.9 Å². The zero-order valence-electron chi connectivity index (χ0n) is 23.0. The molecule has 1 saturated heterocycles. The van der Waals surface area contributed by atoms with Crippen molar-refractivity contribution >= 4 is 28.9 Å². The van der Waals surface area contributed by atoms with Crippen LogP contribution in [0.2, 0.25) is 0 Å². The number of halogens is 3. The SMILES string of the molecule is CCc1nc(C(N)=O)c(Nc2ccc(N3CCC4(CCCCC4)C3)c(C(F)(F)F)c2)nc1N[C@H]1CC[C@H](O)CC1. The van der Waals surface area contributed by atoms with Gasteiger partial charge in [-0.3, -0.25) is 4.79 Å². The third-order valence-corrected chi connectivity index (χ3v) is 8.83. The minimum absolute atomic E-state index is 0.00579. The molecule has 218 valence electrons. The molecule has 1 spiro atoms. The van der Waals surface area contributed by atoms with Crippen LogP contribution in [0.4, 0.5) is 36.2 Å². The van der Waals surface area contributed by atoms with Crippen molar-refractivity contribution in [1.29, 1.82) is 0 Å². The van der Waals surface area contributed by atoms with Crippen molar-refractivity contribution in [1.82, 2.24) is 9.97 Å². The Hall–Kier alpha value is -3.08. The zero-order chi connectivity index (χ0) is 28.5. The summed E-state index contributed by atoms with van der Waals surface area (Å²) in [5, 5.41) is 16.1. The van der Waals surface area contributed by atoms with Gasteiger partial charge in [0.1, 0.15) is 5.82 Å². The van der Waals surface area contributed by atoms with Crippen LogP contribution in [0.15, 0.2) is 18.2 Å². The van der Waals surface area contributed by atoms with Crippen molar-refractivity contribution in [2.24, 2.45) is 11.1 Å². The predicted molar refractivity (Wildman–Crippen MR) is 149 cm³/mol. The number of nitrogens with zero attached hydrogens (tertiary/aromatic N) is 3. The van der Waals surface area contributed by atoms with Gasteiger partial charge in [-0.15, -0.1) is 0 Å². The molecule has 3 aliphatic rings. The van der Waals surface area contributed by atoms with E-state index in [0.29, 0.717) is 43.9 Å². The van der Waals surface area contributed by atoms with E-state index in [1.54, 1.807) is 6.07 Å². The number of nitrogens with two attached hydrogens (primary N) is 1. The third kappa shape index (κ3) is 6.14. The highest BCUT2D eigenvalue weighted by Gasteiger charge is 2.42. The molecule has 40 heavy (non-hydrogen) atoms. The molecule has 2 aliphatic carbocycles. The fourth-order valence-corrected chi connectivity index (χ4v) is 6.61. The van der Waals surface area contributed by atoms with E-state index in [9.17, 15) is 23.1 Å². The van der Waals surface area contributed by atoms with Crippen molar-refractivity contribution in [3.63, 3.8) is 0 Å². The predicted octanol–water partition coefficient (Wildman–Crippen LogP) is 5.78. The monoisotopic (exact) mass is 560 g/mol. The topological polar surface area (TPSA) is 116 Å². The second-order valence-electron chi connectivity index (χ2n) is 11.7. The van der Waals surface area contributed by atoms with Gasteiger partial charge in [0.25, 0.3) is 5.91 Å². The maximum Gasteiger partial charge on any atom is 0.418 e. The van der Waals surface area contributed by atoms with Crippen molar-refractivity contribution in [3.05, 3.63) is 35.2 Å². The van der Waals surface area contributed by atoms with Gasteiger partial charge in [0, 0.05) is 30.5 Å². The maximum absolute atomic E-state index is 14.3. The van der Waals surface area contributed by atoms with E-state index in [2.05, 4.69) is 20.6 Å². The Kier molecular flexibility index (Phi) is 8.13. The van der Waals surface area contributed by atoms with Gasteiger partial charge in [0.15, 0.2) is 11.5 Å². The first-order chi connectivity index (χ1) is 19.1. The molecular weight excluding hydrogens is 521 g/mol. The molecule has 2 saturated carbocycles. The van der Waals surface area contributed by atoms with E-state index in [1.807, 2.05) is 11.8 Å². The van der Waals surface area contributed by atoms with E-state index in [1.165, 1.54) is 12.5 Å². The van der Waals surface area contributed by atoms with E-state index in [-0.39, 0.29) is 40.4 Å². The molecule has 0 radical (unpaired) electrons. The Balaban J connectivity index is 1.43. The Morgan fingerprint density at radius 2 is 1.82 bits per heavy atom. The maximum atomic E-state index is 14.3. The summed E-state index contributed by atoms with van der Waals surface area (Å²) in [7, 11) is 0. The highest BCUT2D eigenvalue weighted by Crippen LogP contribution is 2.47. The lowest BCUT2D eigenvalue weighted by atomic mass is 9.73. The van der Waals surface area contributed by atoms with Crippen LogP contribution < -0.4 is 21.3 Å². The molecule has 1 aromatic heterocycles. The van der Waals surface area contributed by atoms with Gasteiger partial charge in [0.2, 0.25) is 0 Å². The van der Waals surface area contributed by atoms with Crippen molar-refractivity contribution in [2.75, 3.05) is 28.6 Å². The number of carbonyl (C=O) groups is 1. The van der Waals surface area contributed by atoms with Crippen molar-refractivity contribution in [3.8, 4) is 0 Å². The molecule has 11 heteroatoms. The first kappa shape index (κ1) is 28.4. The Morgan fingerprint density at radius 1 is 1.10 bits per heavy atom. The summed E-state index contributed by atoms with van der Waals surface area (Å²) in [6.07, 6.45) is 5.00. The van der Waals surface area contributed by atoms with Gasteiger partial charge in [-0.25, -0.2) is 9.97 Å². The quantitative estimate of drug-likeness (QED) is 0.339. The molecule has 1 aromatic carbocycles. The number of nitrogens with one attached hydrogen (secondary N) is 2. The average molecular weight is 561 g/mol. The molecule has 2 aromatic rings. The van der Waals surface area contributed by atoms with Crippen molar-refractivity contribution in [2.45, 2.75) is 95.9 Å². The first-order valence-electron chi connectivity index (χ1n) is 14.5. The fraction of sp³-hybridized carbons (Fsp3) is 0.621. The molecule has 5 rings (SSSR count). The van der Waals surface area contributed by atoms with E-state index >= 15 is 0 Å². The largest absolute Gasteiger partial charge is 0.418 e. The van der Waals surface area contributed by atoms with Crippen LogP contribution >= 0.6 is 0 Å². The van der Waals surface area contributed by atoms with E-state index in [4.69, 9.17) is 5.73 Å². The molecule has 3 fully saturated rings. The number of primary amides is 1. The third-order valence-electron chi connectivity index (χ3n) is 8.83. The number of alkyl halides is 3. The van der Waals surface area contributed by atoms with Crippen LogP contribution in [-0.2, 0) is 12.6 Å². The number of anilines is 4. The number of aromatic nitrogens is 2. The molecule has 5 N–H and O–H groups in total. The molecule has 1 aliphatic heterocycles. The highest BCUT2D eigenvalue weighted by atomic mass is 19.4. The number of aryl methyl sites for hydroxylation is 1. The average Bonchev–Trinajstić information content (AvgIpc) is 3.32. The normalized spacial score (nSPS) is 22.9. The van der Waals surface area contributed by atoms with E-state index < -0.39 is 17.6 Å². The number of rotatable bonds is 7. The van der Waals surface area contributed by atoms with Crippen LogP contribution in [-0.4, -0.2) is 46.2 Å². The summed E-state index contributed by atoms with van der Waals surface area (Å²) in [4.78, 5) is 23.2. The second kappa shape index (κ2) is 11.4. The number of carbonyl (C=O) groups excluding carboxylic acids is 1. The smallest absolute Gasteiger partial charge is 0.393 e. The fourth-order valence-electron chi connectivity index (χ4n) is 6.61. The van der Waals surface area contributed by atoms with Gasteiger partial charge in [-0.1, -0.05) is 26.2 Å². The lowest BCUT2D eigenvalue weighted by Crippen LogP contribution is -2.30. The molecule has 8 nitrogen and oxygen atoms in total. The molecular formula is C29H39F3N6O2. The lowest BCUT2D eigenvalue weighted by Gasteiger charge is -2.34. The molecule has 0 atom stereocenters. The first-order valence-corrected chi connectivity index (χ1v) is 14.5. The zero-order valence-corrected chi connectivity index (χ0v) is 23.0. The van der Waals surface area contributed by atoms with Gasteiger partial charge in [0.05, 0.1) is 17.4 Å². The summed E-state index contributed by atoms with van der Waals surface area (Å²) >= 11 is 0. The summed E-state index contributed by atoms with van der Waals surface area (Å²) in [6.45, 7) is 3.13. The molecule has 2 heterocycles. The Morgan fingerprint density at radius 3 is 2.48 bits per heavy atom. The summed E-state index contributed by atoms with van der Waals surface area (Å²) in [6, 6.07) is 4.25. The summed E-state index contributed by atoms with van der Waals surface area (Å²) in [5.41, 5.74) is 5.75. The molecule has 0 bridgehead atoms.